The third-order valence-corrected chi connectivity index (χ3v) is 8.48. The Bertz CT molecular complexity index is 1360. The van der Waals surface area contributed by atoms with E-state index in [1.165, 1.54) is 41.5 Å². The summed E-state index contributed by atoms with van der Waals surface area (Å²) in [5, 5.41) is 1.50. The van der Waals surface area contributed by atoms with Crippen molar-refractivity contribution in [3.63, 3.8) is 0 Å². The van der Waals surface area contributed by atoms with Crippen LogP contribution in [0.15, 0.2) is 58.6 Å². The topological polar surface area (TPSA) is 68.1 Å². The van der Waals surface area contributed by atoms with Crippen LogP contribution in [-0.2, 0) is 11.3 Å². The second-order valence-corrected chi connectivity index (χ2v) is 10.8. The first kappa shape index (κ1) is 23.1. The molecule has 4 aromatic rings. The molecule has 3 aromatic heterocycles. The molecule has 0 saturated carbocycles. The molecule has 34 heavy (non-hydrogen) atoms. The Hall–Kier alpha value is -2.71. The van der Waals surface area contributed by atoms with Gasteiger partial charge in [0.25, 0.3) is 5.56 Å². The number of aromatic nitrogens is 3. The Balaban J connectivity index is 1.50. The minimum Gasteiger partial charge on any atom is -0.342 e. The Morgan fingerprint density at radius 3 is 2.62 bits per heavy atom. The van der Waals surface area contributed by atoms with Gasteiger partial charge in [0.1, 0.15) is 9.53 Å². The molecule has 8 heteroatoms. The van der Waals surface area contributed by atoms with E-state index in [0.717, 1.165) is 36.1 Å². The summed E-state index contributed by atoms with van der Waals surface area (Å²) in [5.74, 6) is 0.546. The molecule has 0 bridgehead atoms. The van der Waals surface area contributed by atoms with Crippen molar-refractivity contribution in [3.05, 3.63) is 64.6 Å². The van der Waals surface area contributed by atoms with Crippen molar-refractivity contribution < 1.29 is 4.79 Å². The van der Waals surface area contributed by atoms with E-state index in [-0.39, 0.29) is 23.1 Å². The van der Waals surface area contributed by atoms with Crippen LogP contribution in [0.1, 0.15) is 44.1 Å². The highest BCUT2D eigenvalue weighted by atomic mass is 32.2. The van der Waals surface area contributed by atoms with Crippen LogP contribution in [0.5, 0.6) is 0 Å². The quantitative estimate of drug-likeness (QED) is 0.270. The molecule has 4 heterocycles. The number of benzene rings is 1. The standard InChI is InChI=1S/C26H28N4O2S2/c1-18(19-10-5-4-6-11-19)16-30-25(32)23-22(20-12-9-13-27-24(20)34-23)28-26(30)33-17-21(31)29-14-7-2-3-8-15-29/h4-6,9-13,18H,2-3,7-8,14-17H2,1H3/t18-/m1/s1. The Morgan fingerprint density at radius 1 is 1.09 bits per heavy atom. The fourth-order valence-electron chi connectivity index (χ4n) is 4.51. The summed E-state index contributed by atoms with van der Waals surface area (Å²) in [7, 11) is 0. The summed E-state index contributed by atoms with van der Waals surface area (Å²) in [6, 6.07) is 14.0. The maximum Gasteiger partial charge on any atom is 0.272 e. The van der Waals surface area contributed by atoms with Crippen LogP contribution >= 0.6 is 23.1 Å². The van der Waals surface area contributed by atoms with Crippen LogP contribution < -0.4 is 5.56 Å². The fourth-order valence-corrected chi connectivity index (χ4v) is 6.45. The zero-order valence-electron chi connectivity index (χ0n) is 19.3. The maximum atomic E-state index is 13.7. The van der Waals surface area contributed by atoms with Crippen LogP contribution in [0.4, 0.5) is 0 Å². The normalized spacial score (nSPS) is 15.5. The molecule has 1 aliphatic rings. The number of likely N-dealkylation sites (tertiary alicyclic amines) is 1. The zero-order valence-corrected chi connectivity index (χ0v) is 20.9. The number of nitrogens with zero attached hydrogens (tertiary/aromatic N) is 4. The van der Waals surface area contributed by atoms with Gasteiger partial charge >= 0.3 is 0 Å². The van der Waals surface area contributed by atoms with E-state index >= 15 is 0 Å². The van der Waals surface area contributed by atoms with Gasteiger partial charge < -0.3 is 4.90 Å². The smallest absolute Gasteiger partial charge is 0.272 e. The van der Waals surface area contributed by atoms with Crippen molar-refractivity contribution in [2.45, 2.75) is 50.2 Å². The fraction of sp³-hybridized carbons (Fsp3) is 0.385. The second-order valence-electron chi connectivity index (χ2n) is 8.84. The lowest BCUT2D eigenvalue weighted by Gasteiger charge is -2.21. The monoisotopic (exact) mass is 492 g/mol. The van der Waals surface area contributed by atoms with Gasteiger partial charge in [-0.3, -0.25) is 14.2 Å². The molecule has 0 radical (unpaired) electrons. The molecule has 1 atom stereocenters. The number of fused-ring (bicyclic) bond motifs is 3. The zero-order chi connectivity index (χ0) is 23.5. The highest BCUT2D eigenvalue weighted by Crippen LogP contribution is 2.31. The summed E-state index contributed by atoms with van der Waals surface area (Å²) in [6.07, 6.45) is 6.24. The van der Waals surface area contributed by atoms with Gasteiger partial charge in [0.05, 0.1) is 11.3 Å². The largest absolute Gasteiger partial charge is 0.342 e. The minimum absolute atomic E-state index is 0.0551. The van der Waals surface area contributed by atoms with E-state index < -0.39 is 0 Å². The first-order valence-electron chi connectivity index (χ1n) is 11.9. The van der Waals surface area contributed by atoms with Crippen molar-refractivity contribution >= 4 is 49.4 Å². The van der Waals surface area contributed by atoms with Gasteiger partial charge in [0.2, 0.25) is 5.91 Å². The van der Waals surface area contributed by atoms with Crippen LogP contribution in [-0.4, -0.2) is 44.2 Å². The number of amides is 1. The van der Waals surface area contributed by atoms with E-state index in [4.69, 9.17) is 4.98 Å². The number of hydrogen-bond donors (Lipinski definition) is 0. The van der Waals surface area contributed by atoms with Crippen LogP contribution in [0.2, 0.25) is 0 Å². The molecule has 1 aliphatic heterocycles. The van der Waals surface area contributed by atoms with Crippen molar-refractivity contribution in [1.29, 1.82) is 0 Å². The van der Waals surface area contributed by atoms with Gasteiger partial charge in [0.15, 0.2) is 5.16 Å². The van der Waals surface area contributed by atoms with Gasteiger partial charge in [-0.1, -0.05) is 61.9 Å². The number of pyridine rings is 1. The van der Waals surface area contributed by atoms with Gasteiger partial charge in [0, 0.05) is 31.2 Å². The number of thiophene rings is 1. The predicted octanol–water partition coefficient (Wildman–Crippen LogP) is 5.30. The molecule has 1 fully saturated rings. The number of carbonyl (C=O) groups excluding carboxylic acids is 1. The molecule has 0 spiro atoms. The van der Waals surface area contributed by atoms with Crippen LogP contribution in [0.3, 0.4) is 0 Å². The molecule has 1 saturated heterocycles. The first-order valence-corrected chi connectivity index (χ1v) is 13.7. The molecule has 1 amide bonds. The minimum atomic E-state index is -0.0551. The van der Waals surface area contributed by atoms with Crippen LogP contribution in [0.25, 0.3) is 20.4 Å². The Kier molecular flexibility index (Phi) is 6.97. The summed E-state index contributed by atoms with van der Waals surface area (Å²) >= 11 is 2.77. The molecular weight excluding hydrogens is 464 g/mol. The van der Waals surface area contributed by atoms with Crippen molar-refractivity contribution in [2.75, 3.05) is 18.8 Å². The van der Waals surface area contributed by atoms with E-state index in [0.29, 0.717) is 21.9 Å². The SMILES string of the molecule is C[C@H](Cn1c(SCC(=O)N2CCCCCC2)nc2c(sc3ncccc32)c1=O)c1ccccc1. The van der Waals surface area contributed by atoms with Crippen LogP contribution in [0, 0.1) is 0 Å². The molecule has 0 unspecified atom stereocenters. The lowest BCUT2D eigenvalue weighted by atomic mass is 10.0. The Morgan fingerprint density at radius 2 is 1.85 bits per heavy atom. The van der Waals surface area contributed by atoms with Crippen molar-refractivity contribution in [1.82, 2.24) is 19.4 Å². The lowest BCUT2D eigenvalue weighted by Crippen LogP contribution is -2.33. The van der Waals surface area contributed by atoms with E-state index in [1.54, 1.807) is 10.8 Å². The molecule has 1 aromatic carbocycles. The number of carbonyl (C=O) groups is 1. The summed E-state index contributed by atoms with van der Waals surface area (Å²) in [5.41, 5.74) is 1.80. The molecule has 0 N–H and O–H groups in total. The van der Waals surface area contributed by atoms with Gasteiger partial charge in [-0.05, 0) is 36.5 Å². The summed E-state index contributed by atoms with van der Waals surface area (Å²) in [4.78, 5) is 38.8. The number of hydrogen-bond acceptors (Lipinski definition) is 6. The van der Waals surface area contributed by atoms with E-state index in [1.807, 2.05) is 35.2 Å². The van der Waals surface area contributed by atoms with Gasteiger partial charge in [-0.25, -0.2) is 9.97 Å². The lowest BCUT2D eigenvalue weighted by molar-refractivity contribution is -0.128. The number of rotatable bonds is 6. The van der Waals surface area contributed by atoms with E-state index in [9.17, 15) is 9.59 Å². The summed E-state index contributed by atoms with van der Waals surface area (Å²) < 4.78 is 2.38. The van der Waals surface area contributed by atoms with Crippen molar-refractivity contribution in [3.8, 4) is 0 Å². The Labute approximate surface area is 207 Å². The predicted molar refractivity (Wildman–Crippen MR) is 140 cm³/mol. The molecule has 176 valence electrons. The van der Waals surface area contributed by atoms with Gasteiger partial charge in [-0.2, -0.15) is 0 Å². The number of thioether (sulfide) groups is 1. The average Bonchev–Trinajstić information content (AvgIpc) is 3.03. The van der Waals surface area contributed by atoms with E-state index in [2.05, 4.69) is 24.0 Å². The molecule has 6 nitrogen and oxygen atoms in total. The third kappa shape index (κ3) is 4.74. The first-order chi connectivity index (χ1) is 16.6. The third-order valence-electron chi connectivity index (χ3n) is 6.43. The highest BCUT2D eigenvalue weighted by Gasteiger charge is 2.21. The highest BCUT2D eigenvalue weighted by molar-refractivity contribution is 7.99. The van der Waals surface area contributed by atoms with Crippen molar-refractivity contribution in [2.24, 2.45) is 0 Å². The molecular formula is C26H28N4O2S2. The maximum absolute atomic E-state index is 13.7. The van der Waals surface area contributed by atoms with Gasteiger partial charge in [-0.15, -0.1) is 11.3 Å². The second kappa shape index (κ2) is 10.3. The summed E-state index contributed by atoms with van der Waals surface area (Å²) in [6.45, 7) is 4.28. The molecule has 5 rings (SSSR count). The molecule has 0 aliphatic carbocycles. The average molecular weight is 493 g/mol.